The largest absolute Gasteiger partial charge is 0.319 e. The quantitative estimate of drug-likeness (QED) is 0.575. The summed E-state index contributed by atoms with van der Waals surface area (Å²) in [5.41, 5.74) is 2.00. The molecule has 0 aliphatic heterocycles. The van der Waals surface area contributed by atoms with Gasteiger partial charge < -0.3 is 9.41 Å². The van der Waals surface area contributed by atoms with Crippen LogP contribution < -0.4 is 0 Å². The molecule has 2 rings (SSSR count). The van der Waals surface area contributed by atoms with E-state index in [1.54, 1.807) is 0 Å². The van der Waals surface area contributed by atoms with Crippen LogP contribution >= 0.6 is 11.6 Å². The van der Waals surface area contributed by atoms with Crippen molar-refractivity contribution in [3.05, 3.63) is 41.5 Å². The second-order valence-corrected chi connectivity index (χ2v) is 3.45. The number of imidazole rings is 1. The van der Waals surface area contributed by atoms with Crippen molar-refractivity contribution in [1.29, 1.82) is 0 Å². The van der Waals surface area contributed by atoms with Gasteiger partial charge in [-0.3, -0.25) is 0 Å². The number of halogens is 1. The van der Waals surface area contributed by atoms with Crippen LogP contribution in [0.3, 0.4) is 0 Å². The van der Waals surface area contributed by atoms with E-state index < -0.39 is 0 Å². The number of fused-ring (bicyclic) bond motifs is 1. The molecule has 0 unspecified atom stereocenters. The molecule has 0 amide bonds. The lowest BCUT2D eigenvalue weighted by atomic mass is 10.3. The van der Waals surface area contributed by atoms with Crippen molar-refractivity contribution in [1.82, 2.24) is 9.55 Å². The molecular weight excluding hydrogens is 210 g/mol. The predicted molar refractivity (Wildman–Crippen MR) is 60.8 cm³/mol. The highest BCUT2D eigenvalue weighted by Gasteiger charge is 2.09. The third-order valence-corrected chi connectivity index (χ3v) is 2.53. The Bertz CT molecular complexity index is 510. The van der Waals surface area contributed by atoms with Gasteiger partial charge in [-0.25, -0.2) is 11.6 Å². The summed E-state index contributed by atoms with van der Waals surface area (Å²) in [6.07, 6.45) is 0. The summed E-state index contributed by atoms with van der Waals surface area (Å²) in [4.78, 5) is 7.76. The first kappa shape index (κ1) is 10.0. The Morgan fingerprint density at radius 1 is 1.40 bits per heavy atom. The first-order valence-electron chi connectivity index (χ1n) is 4.70. The van der Waals surface area contributed by atoms with Crippen LogP contribution in [0, 0.1) is 6.57 Å². The van der Waals surface area contributed by atoms with Crippen LogP contribution in [-0.2, 0) is 12.4 Å². The van der Waals surface area contributed by atoms with Crippen molar-refractivity contribution in [2.24, 2.45) is 0 Å². The van der Waals surface area contributed by atoms with Crippen LogP contribution in [0.1, 0.15) is 5.82 Å². The maximum atomic E-state index is 6.80. The summed E-state index contributed by atoms with van der Waals surface area (Å²) in [6.45, 7) is 7.92. The standard InChI is InChI=1S/C11H10ClN3/c1-13-6-7-15-10-5-3-2-4-9(10)14-11(15)8-12/h2-5H,6-8H2. The van der Waals surface area contributed by atoms with Crippen molar-refractivity contribution < 1.29 is 0 Å². The second kappa shape index (κ2) is 4.33. The normalized spacial score (nSPS) is 10.4. The lowest BCUT2D eigenvalue weighted by molar-refractivity contribution is 0.731. The van der Waals surface area contributed by atoms with E-state index in [0.717, 1.165) is 16.9 Å². The van der Waals surface area contributed by atoms with E-state index in [9.17, 15) is 0 Å². The molecule has 3 nitrogen and oxygen atoms in total. The van der Waals surface area contributed by atoms with Crippen molar-refractivity contribution in [2.75, 3.05) is 6.54 Å². The number of rotatable bonds is 3. The summed E-state index contributed by atoms with van der Waals surface area (Å²) < 4.78 is 2.01. The van der Waals surface area contributed by atoms with Gasteiger partial charge in [0.15, 0.2) is 0 Å². The van der Waals surface area contributed by atoms with Crippen LogP contribution in [0.5, 0.6) is 0 Å². The van der Waals surface area contributed by atoms with E-state index in [-0.39, 0.29) is 0 Å². The average Bonchev–Trinajstić information content (AvgIpc) is 2.64. The molecule has 0 atom stereocenters. The first-order chi connectivity index (χ1) is 7.36. The van der Waals surface area contributed by atoms with Crippen molar-refractivity contribution >= 4 is 22.6 Å². The molecule has 0 aliphatic rings. The number of nitrogens with zero attached hydrogens (tertiary/aromatic N) is 3. The van der Waals surface area contributed by atoms with Gasteiger partial charge >= 0.3 is 0 Å². The highest BCUT2D eigenvalue weighted by atomic mass is 35.5. The molecular formula is C11H10ClN3. The number of alkyl halides is 1. The summed E-state index contributed by atoms with van der Waals surface area (Å²) >= 11 is 5.82. The summed E-state index contributed by atoms with van der Waals surface area (Å²) in [6, 6.07) is 7.88. The van der Waals surface area contributed by atoms with E-state index in [1.807, 2.05) is 28.8 Å². The van der Waals surface area contributed by atoms with Gasteiger partial charge in [-0.1, -0.05) is 12.1 Å². The van der Waals surface area contributed by atoms with Crippen LogP contribution in [0.4, 0.5) is 0 Å². The Hall–Kier alpha value is -1.53. The average molecular weight is 220 g/mol. The third-order valence-electron chi connectivity index (χ3n) is 2.29. The molecule has 0 saturated heterocycles. The zero-order valence-electron chi connectivity index (χ0n) is 8.15. The minimum Gasteiger partial charge on any atom is -0.319 e. The maximum absolute atomic E-state index is 6.80. The van der Waals surface area contributed by atoms with Gasteiger partial charge in [0.2, 0.25) is 6.54 Å². The molecule has 0 N–H and O–H groups in total. The topological polar surface area (TPSA) is 22.2 Å². The fraction of sp³-hybridized carbons (Fsp3) is 0.273. The zero-order chi connectivity index (χ0) is 10.7. The van der Waals surface area contributed by atoms with Gasteiger partial charge in [0.05, 0.1) is 23.5 Å². The Morgan fingerprint density at radius 3 is 2.93 bits per heavy atom. The number of benzene rings is 1. The number of para-hydroxylation sites is 2. The smallest absolute Gasteiger partial charge is 0.232 e. The first-order valence-corrected chi connectivity index (χ1v) is 5.23. The molecule has 0 radical (unpaired) electrons. The van der Waals surface area contributed by atoms with E-state index in [2.05, 4.69) is 9.83 Å². The Kier molecular flexibility index (Phi) is 2.89. The number of hydrogen-bond donors (Lipinski definition) is 0. The fourth-order valence-electron chi connectivity index (χ4n) is 1.63. The van der Waals surface area contributed by atoms with Crippen molar-refractivity contribution in [3.63, 3.8) is 0 Å². The van der Waals surface area contributed by atoms with Gasteiger partial charge in [-0.05, 0) is 12.1 Å². The molecule has 0 fully saturated rings. The molecule has 0 bridgehead atoms. The Balaban J connectivity index is 2.52. The van der Waals surface area contributed by atoms with Crippen molar-refractivity contribution in [3.8, 4) is 0 Å². The summed E-state index contributed by atoms with van der Waals surface area (Å²) in [5, 5.41) is 0. The SMILES string of the molecule is [C-]#[N+]CCn1c(CCl)nc2ccccc21. The molecule has 0 aliphatic carbocycles. The summed E-state index contributed by atoms with van der Waals surface area (Å²) in [5.74, 6) is 1.22. The molecule has 15 heavy (non-hydrogen) atoms. The molecule has 76 valence electrons. The molecule has 1 aromatic carbocycles. The van der Waals surface area contributed by atoms with Crippen LogP contribution in [0.25, 0.3) is 15.9 Å². The van der Waals surface area contributed by atoms with Crippen LogP contribution in [-0.4, -0.2) is 16.1 Å². The third kappa shape index (κ3) is 1.81. The van der Waals surface area contributed by atoms with Crippen LogP contribution in [0.15, 0.2) is 24.3 Å². The van der Waals surface area contributed by atoms with Crippen LogP contribution in [0.2, 0.25) is 0 Å². The Morgan fingerprint density at radius 2 is 2.20 bits per heavy atom. The summed E-state index contributed by atoms with van der Waals surface area (Å²) in [7, 11) is 0. The lowest BCUT2D eigenvalue weighted by Gasteiger charge is -2.02. The molecule has 0 saturated carbocycles. The molecule has 1 heterocycles. The minimum atomic E-state index is 0.382. The van der Waals surface area contributed by atoms with E-state index >= 15 is 0 Å². The minimum absolute atomic E-state index is 0.382. The van der Waals surface area contributed by atoms with Gasteiger partial charge in [-0.2, -0.15) is 0 Å². The van der Waals surface area contributed by atoms with E-state index in [0.29, 0.717) is 19.0 Å². The van der Waals surface area contributed by atoms with Gasteiger partial charge in [-0.15, -0.1) is 11.6 Å². The van der Waals surface area contributed by atoms with E-state index in [4.69, 9.17) is 18.2 Å². The highest BCUT2D eigenvalue weighted by Crippen LogP contribution is 2.16. The van der Waals surface area contributed by atoms with Gasteiger partial charge in [0, 0.05) is 0 Å². The predicted octanol–water partition coefficient (Wildman–Crippen LogP) is 2.69. The van der Waals surface area contributed by atoms with Gasteiger partial charge in [0.25, 0.3) is 0 Å². The highest BCUT2D eigenvalue weighted by molar-refractivity contribution is 6.16. The maximum Gasteiger partial charge on any atom is 0.232 e. The molecule has 4 heteroatoms. The second-order valence-electron chi connectivity index (χ2n) is 3.18. The Labute approximate surface area is 93.1 Å². The van der Waals surface area contributed by atoms with E-state index in [1.165, 1.54) is 0 Å². The number of hydrogen-bond acceptors (Lipinski definition) is 1. The zero-order valence-corrected chi connectivity index (χ0v) is 8.91. The van der Waals surface area contributed by atoms with Crippen molar-refractivity contribution in [2.45, 2.75) is 12.4 Å². The monoisotopic (exact) mass is 219 g/mol. The lowest BCUT2D eigenvalue weighted by Crippen LogP contribution is -2.04. The molecule has 2 aromatic rings. The van der Waals surface area contributed by atoms with Gasteiger partial charge in [0.1, 0.15) is 5.82 Å². The molecule has 1 aromatic heterocycles. The molecule has 0 spiro atoms. The number of aromatic nitrogens is 2. The fourth-order valence-corrected chi connectivity index (χ4v) is 1.83.